The van der Waals surface area contributed by atoms with E-state index in [0.717, 1.165) is 23.8 Å². The highest BCUT2D eigenvalue weighted by Crippen LogP contribution is 2.32. The highest BCUT2D eigenvalue weighted by molar-refractivity contribution is 6.33. The van der Waals surface area contributed by atoms with Gasteiger partial charge in [-0.3, -0.25) is 4.79 Å². The molecule has 1 aromatic carbocycles. The summed E-state index contributed by atoms with van der Waals surface area (Å²) in [6, 6.07) is 7.95. The predicted molar refractivity (Wildman–Crippen MR) is 96.0 cm³/mol. The first-order chi connectivity index (χ1) is 12.0. The Morgan fingerprint density at radius 3 is 2.84 bits per heavy atom. The second-order valence-electron chi connectivity index (χ2n) is 6.30. The number of anilines is 1. The molecule has 1 fully saturated rings. The molecule has 2 aromatic heterocycles. The third-order valence-electron chi connectivity index (χ3n) is 4.27. The highest BCUT2D eigenvalue weighted by Gasteiger charge is 2.29. The molecule has 1 amide bonds. The first kappa shape index (κ1) is 16.0. The number of carbonyl (C=O) groups excluding carboxylic acids is 1. The Kier molecular flexibility index (Phi) is 3.88. The number of amides is 1. The average molecular weight is 356 g/mol. The van der Waals surface area contributed by atoms with Gasteiger partial charge in [-0.15, -0.1) is 0 Å². The van der Waals surface area contributed by atoms with Gasteiger partial charge in [-0.2, -0.15) is 0 Å². The second-order valence-corrected chi connectivity index (χ2v) is 6.71. The Balaban J connectivity index is 1.74. The number of carbonyl (C=O) groups is 1. The molecule has 4 rings (SSSR count). The molecule has 1 aliphatic carbocycles. The molecule has 0 aliphatic heterocycles. The van der Waals surface area contributed by atoms with Gasteiger partial charge in [-0.1, -0.05) is 11.6 Å². The van der Waals surface area contributed by atoms with E-state index in [1.54, 1.807) is 12.3 Å². The summed E-state index contributed by atoms with van der Waals surface area (Å²) in [4.78, 5) is 20.7. The van der Waals surface area contributed by atoms with Gasteiger partial charge < -0.3 is 5.32 Å². The van der Waals surface area contributed by atoms with E-state index in [1.165, 1.54) is 18.2 Å². The topological polar surface area (TPSA) is 54.9 Å². The Morgan fingerprint density at radius 1 is 1.28 bits per heavy atom. The lowest BCUT2D eigenvalue weighted by molar-refractivity contribution is -0.117. The summed E-state index contributed by atoms with van der Waals surface area (Å²) in [5.74, 6) is 0.286. The van der Waals surface area contributed by atoms with Gasteiger partial charge in [-0.05, 0) is 55.7 Å². The van der Waals surface area contributed by atoms with Gasteiger partial charge >= 0.3 is 0 Å². The first-order valence-corrected chi connectivity index (χ1v) is 8.43. The lowest BCUT2D eigenvalue weighted by Gasteiger charge is -2.10. The Morgan fingerprint density at radius 2 is 2.08 bits per heavy atom. The molecule has 3 aromatic rings. The maximum Gasteiger partial charge on any atom is 0.228 e. The number of rotatable bonds is 3. The molecule has 126 valence electrons. The van der Waals surface area contributed by atoms with E-state index in [4.69, 9.17) is 11.6 Å². The molecule has 1 N–H and O–H groups in total. The monoisotopic (exact) mass is 355 g/mol. The molecule has 6 heteroatoms. The molecule has 1 saturated carbocycles. The molecule has 4 nitrogen and oxygen atoms in total. The molecule has 2 heterocycles. The standard InChI is InChI=1S/C19H15ClFN3O/c1-10-6-12-7-17(24-19(25)11-2-3-11)22-9-16(12)23-18(10)14-8-13(21)4-5-15(14)20/h4-9,11H,2-3H2,1H3,(H,22,24,25). The number of aromatic nitrogens is 2. The van der Waals surface area contributed by atoms with E-state index in [9.17, 15) is 9.18 Å². The number of fused-ring (bicyclic) bond motifs is 1. The quantitative estimate of drug-likeness (QED) is 0.737. The lowest BCUT2D eigenvalue weighted by atomic mass is 10.0. The van der Waals surface area contributed by atoms with E-state index < -0.39 is 0 Å². The molecule has 0 atom stereocenters. The molecule has 0 saturated heterocycles. The van der Waals surface area contributed by atoms with Crippen molar-refractivity contribution in [1.29, 1.82) is 0 Å². The van der Waals surface area contributed by atoms with Crippen LogP contribution < -0.4 is 5.32 Å². The molecule has 0 radical (unpaired) electrons. The van der Waals surface area contributed by atoms with Gasteiger partial charge in [0, 0.05) is 16.9 Å². The molecule has 25 heavy (non-hydrogen) atoms. The van der Waals surface area contributed by atoms with Crippen molar-refractivity contribution in [2.24, 2.45) is 5.92 Å². The fourth-order valence-corrected chi connectivity index (χ4v) is 2.98. The number of hydrogen-bond donors (Lipinski definition) is 1. The summed E-state index contributed by atoms with van der Waals surface area (Å²) in [7, 11) is 0. The van der Waals surface area contributed by atoms with Crippen molar-refractivity contribution in [2.45, 2.75) is 19.8 Å². The summed E-state index contributed by atoms with van der Waals surface area (Å²) >= 11 is 6.20. The van der Waals surface area contributed by atoms with Crippen LogP contribution in [0.3, 0.4) is 0 Å². The van der Waals surface area contributed by atoms with Crippen molar-refractivity contribution in [1.82, 2.24) is 9.97 Å². The summed E-state index contributed by atoms with van der Waals surface area (Å²) in [5.41, 5.74) is 2.69. The van der Waals surface area contributed by atoms with Crippen LogP contribution in [0.4, 0.5) is 10.2 Å². The minimum absolute atomic E-state index is 0.0136. The van der Waals surface area contributed by atoms with Crippen LogP contribution in [0, 0.1) is 18.7 Å². The van der Waals surface area contributed by atoms with E-state index in [1.807, 2.05) is 13.0 Å². The third-order valence-corrected chi connectivity index (χ3v) is 4.60. The molecular formula is C19H15ClFN3O. The largest absolute Gasteiger partial charge is 0.310 e. The first-order valence-electron chi connectivity index (χ1n) is 8.05. The van der Waals surface area contributed by atoms with Gasteiger partial charge in [-0.25, -0.2) is 14.4 Å². The van der Waals surface area contributed by atoms with E-state index in [-0.39, 0.29) is 17.6 Å². The number of nitrogens with zero attached hydrogens (tertiary/aromatic N) is 2. The molecule has 0 unspecified atom stereocenters. The number of pyridine rings is 2. The van der Waals surface area contributed by atoms with E-state index >= 15 is 0 Å². The van der Waals surface area contributed by atoms with Crippen molar-refractivity contribution in [3.8, 4) is 11.3 Å². The highest BCUT2D eigenvalue weighted by atomic mass is 35.5. The molecule has 0 bridgehead atoms. The summed E-state index contributed by atoms with van der Waals surface area (Å²) in [6.45, 7) is 1.89. The fraction of sp³-hybridized carbons (Fsp3) is 0.211. The van der Waals surface area contributed by atoms with Crippen LogP contribution in [0.25, 0.3) is 22.2 Å². The van der Waals surface area contributed by atoms with Gasteiger partial charge in [0.15, 0.2) is 0 Å². The molecule has 0 spiro atoms. The van der Waals surface area contributed by atoms with Crippen LogP contribution >= 0.6 is 11.6 Å². The van der Waals surface area contributed by atoms with Crippen LogP contribution in [0.15, 0.2) is 36.5 Å². The zero-order valence-corrected chi connectivity index (χ0v) is 14.3. The van der Waals surface area contributed by atoms with Crippen molar-refractivity contribution < 1.29 is 9.18 Å². The van der Waals surface area contributed by atoms with E-state index in [2.05, 4.69) is 15.3 Å². The minimum Gasteiger partial charge on any atom is -0.310 e. The van der Waals surface area contributed by atoms with Gasteiger partial charge in [0.1, 0.15) is 11.6 Å². The number of benzene rings is 1. The fourth-order valence-electron chi connectivity index (χ4n) is 2.78. The summed E-state index contributed by atoms with van der Waals surface area (Å²) in [6.07, 6.45) is 3.49. The average Bonchev–Trinajstić information content (AvgIpc) is 3.41. The van der Waals surface area contributed by atoms with Crippen molar-refractivity contribution in [2.75, 3.05) is 5.32 Å². The number of aryl methyl sites for hydroxylation is 1. The van der Waals surface area contributed by atoms with Crippen molar-refractivity contribution >= 4 is 34.2 Å². The normalized spacial score (nSPS) is 13.9. The SMILES string of the molecule is Cc1cc2cc(NC(=O)C3CC3)ncc2nc1-c1cc(F)ccc1Cl. The van der Waals surface area contributed by atoms with Crippen LogP contribution in [0.1, 0.15) is 18.4 Å². The number of halogens is 2. The predicted octanol–water partition coefficient (Wildman–Crippen LogP) is 4.75. The zero-order valence-electron chi connectivity index (χ0n) is 13.5. The van der Waals surface area contributed by atoms with E-state index in [0.29, 0.717) is 27.6 Å². The maximum absolute atomic E-state index is 13.6. The molecule has 1 aliphatic rings. The third kappa shape index (κ3) is 3.20. The van der Waals surface area contributed by atoms with Crippen LogP contribution in [-0.2, 0) is 4.79 Å². The smallest absolute Gasteiger partial charge is 0.228 e. The number of nitrogens with one attached hydrogen (secondary N) is 1. The minimum atomic E-state index is -0.364. The Hall–Kier alpha value is -2.53. The summed E-state index contributed by atoms with van der Waals surface area (Å²) < 4.78 is 13.6. The Bertz CT molecular complexity index is 1000. The maximum atomic E-state index is 13.6. The van der Waals surface area contributed by atoms with Crippen LogP contribution in [0.5, 0.6) is 0 Å². The van der Waals surface area contributed by atoms with Crippen molar-refractivity contribution in [3.05, 3.63) is 52.9 Å². The van der Waals surface area contributed by atoms with Gasteiger partial charge in [0.25, 0.3) is 0 Å². The van der Waals surface area contributed by atoms with Crippen molar-refractivity contribution in [3.63, 3.8) is 0 Å². The van der Waals surface area contributed by atoms with Gasteiger partial charge in [0.05, 0.1) is 22.4 Å². The lowest BCUT2D eigenvalue weighted by Crippen LogP contribution is -2.14. The Labute approximate surface area is 149 Å². The molecular weight excluding hydrogens is 341 g/mol. The number of hydrogen-bond acceptors (Lipinski definition) is 3. The van der Waals surface area contributed by atoms with Gasteiger partial charge in [0.2, 0.25) is 5.91 Å². The van der Waals surface area contributed by atoms with Crippen LogP contribution in [0.2, 0.25) is 5.02 Å². The second kappa shape index (κ2) is 6.08. The van der Waals surface area contributed by atoms with Crippen LogP contribution in [-0.4, -0.2) is 15.9 Å². The summed E-state index contributed by atoms with van der Waals surface area (Å²) in [5, 5.41) is 4.13. The zero-order chi connectivity index (χ0) is 17.6.